The van der Waals surface area contributed by atoms with Crippen LogP contribution in [0.5, 0.6) is 5.75 Å². The van der Waals surface area contributed by atoms with Crippen molar-refractivity contribution in [2.45, 2.75) is 45.8 Å². The molecule has 2 amide bonds. The minimum atomic E-state index is -0.653. The Hall–Kier alpha value is -2.24. The predicted octanol–water partition coefficient (Wildman–Crippen LogP) is 2.73. The molecule has 0 aliphatic heterocycles. The van der Waals surface area contributed by atoms with Gasteiger partial charge in [-0.1, -0.05) is 12.1 Å². The second kappa shape index (κ2) is 7.35. The molecule has 0 heterocycles. The Bertz CT molecular complexity index is 562. The zero-order chi connectivity index (χ0) is 17.7. The molecular weight excluding hydrogens is 296 g/mol. The first-order chi connectivity index (χ1) is 10.5. The van der Waals surface area contributed by atoms with Crippen LogP contribution in [0, 0.1) is 0 Å². The van der Waals surface area contributed by atoms with Crippen LogP contribution in [-0.2, 0) is 4.74 Å². The molecule has 128 valence electrons. The fourth-order valence-corrected chi connectivity index (χ4v) is 1.85. The average Bonchev–Trinajstić information content (AvgIpc) is 2.42. The number of amides is 2. The van der Waals surface area contributed by atoms with Crippen molar-refractivity contribution in [3.05, 3.63) is 29.8 Å². The highest BCUT2D eigenvalue weighted by Gasteiger charge is 2.25. The zero-order valence-electron chi connectivity index (χ0n) is 14.6. The number of benzene rings is 1. The maximum absolute atomic E-state index is 12.3. The third kappa shape index (κ3) is 6.59. The van der Waals surface area contributed by atoms with E-state index in [2.05, 4.69) is 10.6 Å². The summed E-state index contributed by atoms with van der Waals surface area (Å²) in [5, 5.41) is 5.53. The topological polar surface area (TPSA) is 76.7 Å². The van der Waals surface area contributed by atoms with Crippen LogP contribution < -0.4 is 15.4 Å². The molecule has 6 nitrogen and oxygen atoms in total. The van der Waals surface area contributed by atoms with Gasteiger partial charge in [0.05, 0.1) is 18.2 Å². The number of nitrogens with one attached hydrogen (secondary N) is 2. The van der Waals surface area contributed by atoms with Gasteiger partial charge < -0.3 is 20.1 Å². The van der Waals surface area contributed by atoms with Crippen LogP contribution in [-0.4, -0.2) is 36.8 Å². The molecule has 6 heteroatoms. The van der Waals surface area contributed by atoms with Crippen molar-refractivity contribution in [3.63, 3.8) is 0 Å². The molecule has 1 aromatic rings. The Labute approximate surface area is 137 Å². The lowest BCUT2D eigenvalue weighted by Crippen LogP contribution is -2.52. The molecule has 0 saturated carbocycles. The number of rotatable bonds is 5. The van der Waals surface area contributed by atoms with Crippen LogP contribution >= 0.6 is 0 Å². The van der Waals surface area contributed by atoms with Gasteiger partial charge >= 0.3 is 6.09 Å². The van der Waals surface area contributed by atoms with Crippen molar-refractivity contribution in [3.8, 4) is 5.75 Å². The van der Waals surface area contributed by atoms with Gasteiger partial charge in [0.25, 0.3) is 5.91 Å². The van der Waals surface area contributed by atoms with E-state index in [9.17, 15) is 9.59 Å². The van der Waals surface area contributed by atoms with Gasteiger partial charge in [-0.25, -0.2) is 4.79 Å². The second-order valence-electron chi connectivity index (χ2n) is 6.89. The van der Waals surface area contributed by atoms with Crippen LogP contribution in [0.4, 0.5) is 4.79 Å². The van der Waals surface area contributed by atoms with Crippen molar-refractivity contribution >= 4 is 12.0 Å². The summed E-state index contributed by atoms with van der Waals surface area (Å²) in [6.07, 6.45) is -0.519. The van der Waals surface area contributed by atoms with Crippen LogP contribution in [0.25, 0.3) is 0 Å². The molecule has 0 fully saturated rings. The smallest absolute Gasteiger partial charge is 0.408 e. The summed E-state index contributed by atoms with van der Waals surface area (Å²) in [5.74, 6) is 0.240. The van der Waals surface area contributed by atoms with Gasteiger partial charge in [-0.15, -0.1) is 0 Å². The van der Waals surface area contributed by atoms with Gasteiger partial charge in [-0.2, -0.15) is 0 Å². The lowest BCUT2D eigenvalue weighted by Gasteiger charge is -2.28. The number of hydrogen-bond acceptors (Lipinski definition) is 4. The third-order valence-corrected chi connectivity index (χ3v) is 2.88. The highest BCUT2D eigenvalue weighted by molar-refractivity contribution is 5.96. The van der Waals surface area contributed by atoms with Crippen molar-refractivity contribution in [1.29, 1.82) is 0 Å². The monoisotopic (exact) mass is 322 g/mol. The Morgan fingerprint density at radius 3 is 2.26 bits per heavy atom. The van der Waals surface area contributed by atoms with Gasteiger partial charge in [0.1, 0.15) is 11.4 Å². The number of ether oxygens (including phenoxy) is 2. The number of carbonyl (C=O) groups is 2. The van der Waals surface area contributed by atoms with Gasteiger partial charge in [0.15, 0.2) is 0 Å². The first-order valence-electron chi connectivity index (χ1n) is 7.46. The normalized spacial score (nSPS) is 11.6. The predicted molar refractivity (Wildman–Crippen MR) is 88.8 cm³/mol. The quantitative estimate of drug-likeness (QED) is 0.874. The van der Waals surface area contributed by atoms with Gasteiger partial charge in [0.2, 0.25) is 0 Å². The highest BCUT2D eigenvalue weighted by atomic mass is 16.6. The van der Waals surface area contributed by atoms with E-state index in [1.54, 1.807) is 58.9 Å². The summed E-state index contributed by atoms with van der Waals surface area (Å²) in [4.78, 5) is 24.1. The molecule has 1 aromatic carbocycles. The van der Waals surface area contributed by atoms with E-state index in [4.69, 9.17) is 9.47 Å². The van der Waals surface area contributed by atoms with Crippen molar-refractivity contribution in [2.24, 2.45) is 0 Å². The Morgan fingerprint density at radius 2 is 1.70 bits per heavy atom. The Morgan fingerprint density at radius 1 is 1.09 bits per heavy atom. The van der Waals surface area contributed by atoms with Crippen molar-refractivity contribution in [1.82, 2.24) is 10.6 Å². The molecule has 0 saturated heterocycles. The van der Waals surface area contributed by atoms with E-state index in [1.165, 1.54) is 7.11 Å². The van der Waals surface area contributed by atoms with Gasteiger partial charge in [-0.3, -0.25) is 4.79 Å². The molecule has 0 aliphatic rings. The maximum Gasteiger partial charge on any atom is 0.408 e. The minimum absolute atomic E-state index is 0.253. The first-order valence-corrected chi connectivity index (χ1v) is 7.46. The third-order valence-electron chi connectivity index (χ3n) is 2.88. The Balaban J connectivity index is 2.62. The number of alkyl carbamates (subject to hydrolysis) is 1. The molecule has 0 unspecified atom stereocenters. The molecule has 1 rings (SSSR count). The van der Waals surface area contributed by atoms with E-state index in [-0.39, 0.29) is 12.5 Å². The Kier molecular flexibility index (Phi) is 6.01. The lowest BCUT2D eigenvalue weighted by molar-refractivity contribution is 0.0469. The molecule has 0 spiro atoms. The van der Waals surface area contributed by atoms with Crippen molar-refractivity contribution < 1.29 is 19.1 Å². The average molecular weight is 322 g/mol. The van der Waals surface area contributed by atoms with Crippen LogP contribution in [0.1, 0.15) is 45.0 Å². The van der Waals surface area contributed by atoms with E-state index in [1.807, 2.05) is 0 Å². The maximum atomic E-state index is 12.3. The molecule has 23 heavy (non-hydrogen) atoms. The summed E-state index contributed by atoms with van der Waals surface area (Å²) in [6.45, 7) is 9.25. The van der Waals surface area contributed by atoms with Crippen LogP contribution in [0.15, 0.2) is 24.3 Å². The van der Waals surface area contributed by atoms with E-state index < -0.39 is 17.2 Å². The minimum Gasteiger partial charge on any atom is -0.496 e. The fourth-order valence-electron chi connectivity index (χ4n) is 1.85. The zero-order valence-corrected chi connectivity index (χ0v) is 14.6. The van der Waals surface area contributed by atoms with Gasteiger partial charge in [0, 0.05) is 6.54 Å². The first kappa shape index (κ1) is 18.8. The SMILES string of the molecule is COc1ccccc1C(=O)NCC(C)(C)NC(=O)OC(C)(C)C. The van der Waals surface area contributed by atoms with E-state index in [0.717, 1.165) is 0 Å². The van der Waals surface area contributed by atoms with Gasteiger partial charge in [-0.05, 0) is 46.8 Å². The lowest BCUT2D eigenvalue weighted by atomic mass is 10.1. The summed E-state index contributed by atoms with van der Waals surface area (Å²) < 4.78 is 10.4. The molecule has 0 atom stereocenters. The number of hydrogen-bond donors (Lipinski definition) is 2. The van der Waals surface area contributed by atoms with E-state index in [0.29, 0.717) is 11.3 Å². The van der Waals surface area contributed by atoms with Crippen LogP contribution in [0.2, 0.25) is 0 Å². The summed E-state index contributed by atoms with van der Waals surface area (Å²) in [5.41, 5.74) is -0.774. The van der Waals surface area contributed by atoms with Crippen LogP contribution in [0.3, 0.4) is 0 Å². The molecule has 0 aromatic heterocycles. The summed E-state index contributed by atoms with van der Waals surface area (Å²) in [7, 11) is 1.51. The molecule has 0 bridgehead atoms. The molecule has 0 aliphatic carbocycles. The van der Waals surface area contributed by atoms with E-state index >= 15 is 0 Å². The largest absolute Gasteiger partial charge is 0.496 e. The number of carbonyl (C=O) groups excluding carboxylic acids is 2. The molecule has 0 radical (unpaired) electrons. The number of para-hydroxylation sites is 1. The standard InChI is InChI=1S/C17H26N2O4/c1-16(2,3)23-15(21)19-17(4,5)11-18-14(20)12-9-7-8-10-13(12)22-6/h7-10H,11H2,1-6H3,(H,18,20)(H,19,21). The summed E-state index contributed by atoms with van der Waals surface area (Å²) >= 11 is 0. The molecule has 2 N–H and O–H groups in total. The summed E-state index contributed by atoms with van der Waals surface area (Å²) in [6, 6.07) is 6.96. The number of methoxy groups -OCH3 is 1. The second-order valence-corrected chi connectivity index (χ2v) is 6.89. The fraction of sp³-hybridized carbons (Fsp3) is 0.529. The highest BCUT2D eigenvalue weighted by Crippen LogP contribution is 2.17. The molecular formula is C17H26N2O4. The van der Waals surface area contributed by atoms with Crippen molar-refractivity contribution in [2.75, 3.05) is 13.7 Å².